The summed E-state index contributed by atoms with van der Waals surface area (Å²) in [6.45, 7) is 5.49. The smallest absolute Gasteiger partial charge is 0.224 e. The van der Waals surface area contributed by atoms with Crippen LogP contribution in [0.25, 0.3) is 0 Å². The second-order valence-corrected chi connectivity index (χ2v) is 5.99. The minimum Gasteiger partial charge on any atom is -0.353 e. The van der Waals surface area contributed by atoms with Crippen molar-refractivity contribution in [1.82, 2.24) is 10.2 Å². The van der Waals surface area contributed by atoms with Gasteiger partial charge in [-0.3, -0.25) is 4.79 Å². The third-order valence-electron chi connectivity index (χ3n) is 3.68. The average molecular weight is 325 g/mol. The summed E-state index contributed by atoms with van der Waals surface area (Å²) >= 11 is 3.40. The van der Waals surface area contributed by atoms with Crippen molar-refractivity contribution >= 4 is 21.8 Å². The molecule has 1 aliphatic rings. The molecule has 1 saturated heterocycles. The lowest BCUT2D eigenvalue weighted by Gasteiger charge is -2.31. The highest BCUT2D eigenvalue weighted by molar-refractivity contribution is 9.10. The number of hydrogen-bond donors (Lipinski definition) is 1. The molecule has 1 aromatic rings. The Morgan fingerprint density at radius 3 is 2.53 bits per heavy atom. The summed E-state index contributed by atoms with van der Waals surface area (Å²) < 4.78 is 1.04. The molecule has 0 saturated carbocycles. The van der Waals surface area contributed by atoms with E-state index in [0.717, 1.165) is 42.5 Å². The van der Waals surface area contributed by atoms with Gasteiger partial charge in [0.1, 0.15) is 0 Å². The van der Waals surface area contributed by atoms with Crippen molar-refractivity contribution in [2.45, 2.75) is 32.2 Å². The van der Waals surface area contributed by atoms with Gasteiger partial charge in [-0.1, -0.05) is 35.0 Å². The first-order chi connectivity index (χ1) is 9.17. The Kier molecular flexibility index (Phi) is 5.40. The molecule has 1 aromatic carbocycles. The maximum Gasteiger partial charge on any atom is 0.224 e. The maximum absolute atomic E-state index is 12.0. The van der Waals surface area contributed by atoms with Crippen LogP contribution in [0.4, 0.5) is 0 Å². The third kappa shape index (κ3) is 4.62. The molecule has 0 bridgehead atoms. The molecule has 3 nitrogen and oxygen atoms in total. The van der Waals surface area contributed by atoms with E-state index in [4.69, 9.17) is 0 Å². The van der Waals surface area contributed by atoms with Crippen molar-refractivity contribution in [3.05, 3.63) is 34.3 Å². The second-order valence-electron chi connectivity index (χ2n) is 5.08. The Morgan fingerprint density at radius 1 is 1.32 bits per heavy atom. The molecule has 2 rings (SSSR count). The van der Waals surface area contributed by atoms with Crippen molar-refractivity contribution in [2.75, 3.05) is 19.6 Å². The van der Waals surface area contributed by atoms with Crippen LogP contribution in [0.5, 0.6) is 0 Å². The summed E-state index contributed by atoms with van der Waals surface area (Å²) in [5.41, 5.74) is 1.06. The first-order valence-corrected chi connectivity index (χ1v) is 7.73. The molecule has 4 heteroatoms. The number of benzene rings is 1. The SMILES string of the molecule is CCN1CCC(NC(=O)Cc2ccc(Br)cc2)CC1. The molecule has 0 spiro atoms. The molecule has 1 heterocycles. The van der Waals surface area contributed by atoms with Crippen LogP contribution in [0, 0.1) is 0 Å². The van der Waals surface area contributed by atoms with E-state index in [9.17, 15) is 4.79 Å². The van der Waals surface area contributed by atoms with Gasteiger partial charge in [-0.05, 0) is 37.1 Å². The summed E-state index contributed by atoms with van der Waals surface area (Å²) in [6.07, 6.45) is 2.61. The van der Waals surface area contributed by atoms with E-state index in [1.54, 1.807) is 0 Å². The van der Waals surface area contributed by atoms with Gasteiger partial charge < -0.3 is 10.2 Å². The van der Waals surface area contributed by atoms with Crippen molar-refractivity contribution in [3.8, 4) is 0 Å². The molecule has 1 fully saturated rings. The second kappa shape index (κ2) is 7.06. The fourth-order valence-corrected chi connectivity index (χ4v) is 2.72. The molecule has 0 radical (unpaired) electrons. The summed E-state index contributed by atoms with van der Waals surface area (Å²) in [4.78, 5) is 14.4. The lowest BCUT2D eigenvalue weighted by molar-refractivity contribution is -0.121. The zero-order chi connectivity index (χ0) is 13.7. The van der Waals surface area contributed by atoms with Crippen molar-refractivity contribution < 1.29 is 4.79 Å². The van der Waals surface area contributed by atoms with Crippen LogP contribution < -0.4 is 5.32 Å². The summed E-state index contributed by atoms with van der Waals surface area (Å²) in [6, 6.07) is 8.28. The van der Waals surface area contributed by atoms with E-state index >= 15 is 0 Å². The number of amides is 1. The van der Waals surface area contributed by atoms with Gasteiger partial charge >= 0.3 is 0 Å². The van der Waals surface area contributed by atoms with Crippen molar-refractivity contribution in [2.24, 2.45) is 0 Å². The van der Waals surface area contributed by atoms with Crippen molar-refractivity contribution in [1.29, 1.82) is 0 Å². The Bertz CT molecular complexity index is 411. The van der Waals surface area contributed by atoms with E-state index in [-0.39, 0.29) is 5.91 Å². The van der Waals surface area contributed by atoms with Gasteiger partial charge in [0, 0.05) is 23.6 Å². The minimum absolute atomic E-state index is 0.136. The van der Waals surface area contributed by atoms with Gasteiger partial charge in [0.15, 0.2) is 0 Å². The van der Waals surface area contributed by atoms with Gasteiger partial charge in [-0.15, -0.1) is 0 Å². The summed E-state index contributed by atoms with van der Waals surface area (Å²) in [7, 11) is 0. The highest BCUT2D eigenvalue weighted by Crippen LogP contribution is 2.12. The fraction of sp³-hybridized carbons (Fsp3) is 0.533. The molecule has 0 aromatic heterocycles. The molecule has 0 aliphatic carbocycles. The highest BCUT2D eigenvalue weighted by atomic mass is 79.9. The number of likely N-dealkylation sites (tertiary alicyclic amines) is 1. The van der Waals surface area contributed by atoms with E-state index in [1.165, 1.54) is 0 Å². The number of nitrogens with zero attached hydrogens (tertiary/aromatic N) is 1. The standard InChI is InChI=1S/C15H21BrN2O/c1-2-18-9-7-14(8-10-18)17-15(19)11-12-3-5-13(16)6-4-12/h3-6,14H,2,7-11H2,1H3,(H,17,19). The predicted octanol–water partition coefficient (Wildman–Crippen LogP) is 2.59. The van der Waals surface area contributed by atoms with E-state index in [2.05, 4.69) is 33.1 Å². The minimum atomic E-state index is 0.136. The van der Waals surface area contributed by atoms with Gasteiger partial charge in [-0.25, -0.2) is 0 Å². The van der Waals surface area contributed by atoms with Crippen LogP contribution in [-0.4, -0.2) is 36.5 Å². The largest absolute Gasteiger partial charge is 0.353 e. The third-order valence-corrected chi connectivity index (χ3v) is 4.21. The van der Waals surface area contributed by atoms with Gasteiger partial charge in [-0.2, -0.15) is 0 Å². The lowest BCUT2D eigenvalue weighted by atomic mass is 10.0. The van der Waals surface area contributed by atoms with Crippen LogP contribution in [0.15, 0.2) is 28.7 Å². The topological polar surface area (TPSA) is 32.3 Å². The molecule has 104 valence electrons. The predicted molar refractivity (Wildman–Crippen MR) is 81.1 cm³/mol. The molecule has 0 unspecified atom stereocenters. The Balaban J connectivity index is 1.77. The monoisotopic (exact) mass is 324 g/mol. The molecular formula is C15H21BrN2O. The first kappa shape index (κ1) is 14.5. The van der Waals surface area contributed by atoms with Crippen LogP contribution in [-0.2, 0) is 11.2 Å². The van der Waals surface area contributed by atoms with Crippen molar-refractivity contribution in [3.63, 3.8) is 0 Å². The fourth-order valence-electron chi connectivity index (χ4n) is 2.46. The van der Waals surface area contributed by atoms with Crippen LogP contribution in [0.3, 0.4) is 0 Å². The number of piperidine rings is 1. The maximum atomic E-state index is 12.0. The number of carbonyl (C=O) groups excluding carboxylic acids is 1. The van der Waals surface area contributed by atoms with Gasteiger partial charge in [0.05, 0.1) is 6.42 Å². The van der Waals surface area contributed by atoms with Gasteiger partial charge in [0.2, 0.25) is 5.91 Å². The first-order valence-electron chi connectivity index (χ1n) is 6.93. The zero-order valence-electron chi connectivity index (χ0n) is 11.4. The molecule has 0 atom stereocenters. The number of halogens is 1. The van der Waals surface area contributed by atoms with E-state index in [0.29, 0.717) is 12.5 Å². The number of hydrogen-bond acceptors (Lipinski definition) is 2. The number of rotatable bonds is 4. The zero-order valence-corrected chi connectivity index (χ0v) is 12.9. The summed E-state index contributed by atoms with van der Waals surface area (Å²) in [5, 5.41) is 3.15. The normalized spacial score (nSPS) is 17.4. The van der Waals surface area contributed by atoms with Crippen LogP contribution >= 0.6 is 15.9 Å². The summed E-state index contributed by atoms with van der Waals surface area (Å²) in [5.74, 6) is 0.136. The molecule has 1 aliphatic heterocycles. The Hall–Kier alpha value is -0.870. The van der Waals surface area contributed by atoms with E-state index < -0.39 is 0 Å². The Morgan fingerprint density at radius 2 is 1.95 bits per heavy atom. The van der Waals surface area contributed by atoms with Crippen LogP contribution in [0.1, 0.15) is 25.3 Å². The molecular weight excluding hydrogens is 304 g/mol. The quantitative estimate of drug-likeness (QED) is 0.923. The van der Waals surface area contributed by atoms with Gasteiger partial charge in [0.25, 0.3) is 0 Å². The lowest BCUT2D eigenvalue weighted by Crippen LogP contribution is -2.44. The highest BCUT2D eigenvalue weighted by Gasteiger charge is 2.19. The molecule has 1 N–H and O–H groups in total. The van der Waals surface area contributed by atoms with E-state index in [1.807, 2.05) is 24.3 Å². The average Bonchev–Trinajstić information content (AvgIpc) is 2.42. The van der Waals surface area contributed by atoms with Crippen LogP contribution in [0.2, 0.25) is 0 Å². The number of carbonyl (C=O) groups is 1. The Labute approximate surface area is 123 Å². The molecule has 1 amide bonds. The molecule has 19 heavy (non-hydrogen) atoms. The number of nitrogens with one attached hydrogen (secondary N) is 1.